The summed E-state index contributed by atoms with van der Waals surface area (Å²) in [7, 11) is 0. The van der Waals surface area contributed by atoms with Crippen LogP contribution in [0.3, 0.4) is 0 Å². The molecule has 5 nitrogen and oxygen atoms in total. The molecule has 1 saturated heterocycles. The third kappa shape index (κ3) is 3.62. The fourth-order valence-corrected chi connectivity index (χ4v) is 2.35. The van der Waals surface area contributed by atoms with Crippen molar-refractivity contribution in [2.24, 2.45) is 5.92 Å². The zero-order valence-electron chi connectivity index (χ0n) is 11.9. The van der Waals surface area contributed by atoms with Gasteiger partial charge >= 0.3 is 0 Å². The topological polar surface area (TPSA) is 65.2 Å². The summed E-state index contributed by atoms with van der Waals surface area (Å²) in [5.41, 5.74) is -0.457. The number of Topliss-reactive ketones (excluding diaryl/α,β-unsaturated/α-hetero) is 1. The van der Waals surface area contributed by atoms with Crippen LogP contribution in [0.4, 0.5) is 0 Å². The van der Waals surface area contributed by atoms with Crippen LogP contribution in [0.25, 0.3) is 0 Å². The summed E-state index contributed by atoms with van der Waals surface area (Å²) in [6.45, 7) is 6.76. The zero-order chi connectivity index (χ0) is 13.9. The largest absolute Gasteiger partial charge is 0.367 e. The smallest absolute Gasteiger partial charge is 0.234 e. The van der Waals surface area contributed by atoms with Crippen molar-refractivity contribution in [2.45, 2.75) is 58.5 Å². The van der Waals surface area contributed by atoms with E-state index >= 15 is 0 Å². The van der Waals surface area contributed by atoms with E-state index in [1.165, 1.54) is 0 Å². The van der Waals surface area contributed by atoms with E-state index in [-0.39, 0.29) is 12.2 Å². The number of hydrogen-bond acceptors (Lipinski definition) is 5. The maximum atomic E-state index is 11.7. The molecule has 1 fully saturated rings. The summed E-state index contributed by atoms with van der Waals surface area (Å²) in [6, 6.07) is 0. The minimum atomic E-state index is -0.457. The monoisotopic (exact) mass is 266 g/mol. The van der Waals surface area contributed by atoms with Crippen LogP contribution in [0, 0.1) is 5.92 Å². The van der Waals surface area contributed by atoms with Crippen LogP contribution in [0.15, 0.2) is 4.52 Å². The van der Waals surface area contributed by atoms with Gasteiger partial charge < -0.3 is 9.26 Å². The predicted molar refractivity (Wildman–Crippen MR) is 69.6 cm³/mol. The number of ketones is 1. The van der Waals surface area contributed by atoms with Gasteiger partial charge in [-0.1, -0.05) is 19.0 Å². The van der Waals surface area contributed by atoms with Crippen molar-refractivity contribution < 1.29 is 14.1 Å². The maximum absolute atomic E-state index is 11.7. The van der Waals surface area contributed by atoms with Crippen LogP contribution >= 0.6 is 0 Å². The van der Waals surface area contributed by atoms with E-state index in [1.807, 2.05) is 20.8 Å². The fourth-order valence-electron chi connectivity index (χ4n) is 2.35. The second-order valence-electron chi connectivity index (χ2n) is 5.86. The highest BCUT2D eigenvalue weighted by Gasteiger charge is 2.35. The molecule has 0 aliphatic carbocycles. The molecular formula is C14H22N2O3. The van der Waals surface area contributed by atoms with Gasteiger partial charge in [0, 0.05) is 13.0 Å². The molecule has 0 amide bonds. The minimum Gasteiger partial charge on any atom is -0.367 e. The Hall–Kier alpha value is -1.23. The highest BCUT2D eigenvalue weighted by atomic mass is 16.5. The molecule has 1 aromatic rings. The molecule has 1 atom stereocenters. The van der Waals surface area contributed by atoms with E-state index in [0.717, 1.165) is 25.9 Å². The molecule has 1 aliphatic rings. The summed E-state index contributed by atoms with van der Waals surface area (Å²) in [5, 5.41) is 3.98. The fraction of sp³-hybridized carbons (Fsp3) is 0.786. The quantitative estimate of drug-likeness (QED) is 0.819. The van der Waals surface area contributed by atoms with E-state index < -0.39 is 5.60 Å². The number of carbonyl (C=O) groups excluding carboxylic acids is 1. The molecule has 2 heterocycles. The van der Waals surface area contributed by atoms with Gasteiger partial charge in [-0.15, -0.1) is 0 Å². The van der Waals surface area contributed by atoms with Crippen molar-refractivity contribution in [2.75, 3.05) is 6.61 Å². The minimum absolute atomic E-state index is 0.139. The van der Waals surface area contributed by atoms with Gasteiger partial charge in [-0.25, -0.2) is 0 Å². The van der Waals surface area contributed by atoms with Gasteiger partial charge in [0.15, 0.2) is 0 Å². The van der Waals surface area contributed by atoms with Crippen molar-refractivity contribution in [3.63, 3.8) is 0 Å². The van der Waals surface area contributed by atoms with Crippen LogP contribution < -0.4 is 0 Å². The number of aromatic nitrogens is 2. The van der Waals surface area contributed by atoms with Crippen LogP contribution in [0.5, 0.6) is 0 Å². The Morgan fingerprint density at radius 2 is 2.21 bits per heavy atom. The van der Waals surface area contributed by atoms with Crippen molar-refractivity contribution >= 4 is 5.78 Å². The molecule has 106 valence electrons. The number of nitrogens with zero attached hydrogens (tertiary/aromatic N) is 2. The van der Waals surface area contributed by atoms with Crippen LogP contribution in [0.2, 0.25) is 0 Å². The molecule has 0 N–H and O–H groups in total. The van der Waals surface area contributed by atoms with Crippen molar-refractivity contribution in [3.8, 4) is 0 Å². The third-order valence-corrected chi connectivity index (χ3v) is 3.39. The highest BCUT2D eigenvalue weighted by Crippen LogP contribution is 2.32. The Morgan fingerprint density at radius 3 is 2.84 bits per heavy atom. The molecule has 0 bridgehead atoms. The summed E-state index contributed by atoms with van der Waals surface area (Å²) in [5.74, 6) is 1.46. The average Bonchev–Trinajstić information content (AvgIpc) is 2.78. The Kier molecular flexibility index (Phi) is 4.34. The van der Waals surface area contributed by atoms with Gasteiger partial charge in [-0.3, -0.25) is 4.79 Å². The van der Waals surface area contributed by atoms with Gasteiger partial charge in [-0.2, -0.15) is 4.98 Å². The zero-order valence-corrected chi connectivity index (χ0v) is 11.9. The van der Waals surface area contributed by atoms with E-state index in [4.69, 9.17) is 9.26 Å². The molecule has 1 unspecified atom stereocenters. The number of rotatable bonds is 5. The molecule has 19 heavy (non-hydrogen) atoms. The van der Waals surface area contributed by atoms with Crippen LogP contribution in [-0.2, 0) is 21.6 Å². The second kappa shape index (κ2) is 5.82. The first-order valence-electron chi connectivity index (χ1n) is 6.98. The first kappa shape index (κ1) is 14.2. The number of ether oxygens (including phenoxy) is 1. The molecule has 2 rings (SSSR count). The van der Waals surface area contributed by atoms with Gasteiger partial charge in [0.25, 0.3) is 0 Å². The Labute approximate surface area is 113 Å². The summed E-state index contributed by atoms with van der Waals surface area (Å²) in [4.78, 5) is 16.1. The summed E-state index contributed by atoms with van der Waals surface area (Å²) >= 11 is 0. The summed E-state index contributed by atoms with van der Waals surface area (Å²) < 4.78 is 10.9. The molecule has 0 saturated carbocycles. The van der Waals surface area contributed by atoms with Gasteiger partial charge in [0.2, 0.25) is 11.7 Å². The van der Waals surface area contributed by atoms with Gasteiger partial charge in [0.1, 0.15) is 11.4 Å². The van der Waals surface area contributed by atoms with E-state index in [0.29, 0.717) is 24.1 Å². The average molecular weight is 266 g/mol. The lowest BCUT2D eigenvalue weighted by molar-refractivity contribution is -0.119. The number of hydrogen-bond donors (Lipinski definition) is 0. The standard InChI is InChI=1S/C14H22N2O3/c1-10(2)8-11(17)9-12-15-13(16-19-12)14(3)6-4-5-7-18-14/h10H,4-9H2,1-3H3. The molecule has 0 radical (unpaired) electrons. The molecule has 1 aromatic heterocycles. The van der Waals surface area contributed by atoms with E-state index in [1.54, 1.807) is 0 Å². The van der Waals surface area contributed by atoms with Gasteiger partial charge in [-0.05, 0) is 32.1 Å². The predicted octanol–water partition coefficient (Wildman–Crippen LogP) is 2.64. The Morgan fingerprint density at radius 1 is 1.42 bits per heavy atom. The first-order valence-corrected chi connectivity index (χ1v) is 6.98. The normalized spacial score (nSPS) is 23.8. The highest BCUT2D eigenvalue weighted by molar-refractivity contribution is 5.80. The van der Waals surface area contributed by atoms with Crippen molar-refractivity contribution in [1.29, 1.82) is 0 Å². The molecule has 1 aliphatic heterocycles. The molecule has 0 aromatic carbocycles. The number of carbonyl (C=O) groups is 1. The molecular weight excluding hydrogens is 244 g/mol. The lowest BCUT2D eigenvalue weighted by atomic mass is 9.95. The van der Waals surface area contributed by atoms with E-state index in [9.17, 15) is 4.79 Å². The Balaban J connectivity index is 2.00. The lowest BCUT2D eigenvalue weighted by Crippen LogP contribution is -2.31. The molecule has 0 spiro atoms. The Bertz CT molecular complexity index is 434. The van der Waals surface area contributed by atoms with Crippen molar-refractivity contribution in [1.82, 2.24) is 10.1 Å². The SMILES string of the molecule is CC(C)CC(=O)Cc1nc(C2(C)CCCCO2)no1. The molecule has 5 heteroatoms. The van der Waals surface area contributed by atoms with E-state index in [2.05, 4.69) is 10.1 Å². The maximum Gasteiger partial charge on any atom is 0.234 e. The van der Waals surface area contributed by atoms with Crippen LogP contribution in [-0.4, -0.2) is 22.5 Å². The summed E-state index contributed by atoms with van der Waals surface area (Å²) in [6.07, 6.45) is 3.85. The first-order chi connectivity index (χ1) is 8.99. The second-order valence-corrected chi connectivity index (χ2v) is 5.86. The van der Waals surface area contributed by atoms with Crippen LogP contribution in [0.1, 0.15) is 58.2 Å². The van der Waals surface area contributed by atoms with Gasteiger partial charge in [0.05, 0.1) is 6.42 Å². The third-order valence-electron chi connectivity index (χ3n) is 3.39. The lowest BCUT2D eigenvalue weighted by Gasteiger charge is -2.30. The van der Waals surface area contributed by atoms with Crippen molar-refractivity contribution in [3.05, 3.63) is 11.7 Å².